The molecule has 32 heavy (non-hydrogen) atoms. The molecule has 0 aliphatic carbocycles. The number of hydrogen-bond donors (Lipinski definition) is 1. The molecule has 0 saturated carbocycles. The van der Waals surface area contributed by atoms with Crippen molar-refractivity contribution in [2.45, 2.75) is 32.9 Å². The van der Waals surface area contributed by atoms with Crippen molar-refractivity contribution in [2.24, 2.45) is 0 Å². The van der Waals surface area contributed by atoms with Crippen molar-refractivity contribution >= 4 is 22.6 Å². The van der Waals surface area contributed by atoms with E-state index in [9.17, 15) is 22.4 Å². The molecule has 1 aromatic carbocycles. The Labute approximate surface area is 179 Å². The fourth-order valence-electron chi connectivity index (χ4n) is 3.10. The Hall–Kier alpha value is -3.76. The number of amides is 1. The number of nitrogens with one attached hydrogen (secondary N) is 1. The van der Waals surface area contributed by atoms with Crippen molar-refractivity contribution in [1.82, 2.24) is 19.7 Å². The number of oxazole rings is 1. The number of pyridine rings is 1. The topological polar surface area (TPSA) is 85.8 Å². The molecular weight excluding hydrogens is 430 g/mol. The van der Waals surface area contributed by atoms with Gasteiger partial charge in [0, 0.05) is 30.4 Å². The minimum absolute atomic E-state index is 0.0146. The molecule has 0 unspecified atom stereocenters. The van der Waals surface area contributed by atoms with Crippen LogP contribution in [-0.4, -0.2) is 25.7 Å². The number of halogens is 4. The molecular formula is C21H17F4N5O2. The predicted molar refractivity (Wildman–Crippen MR) is 107 cm³/mol. The lowest BCUT2D eigenvalue weighted by Gasteiger charge is -2.09. The van der Waals surface area contributed by atoms with E-state index in [-0.39, 0.29) is 23.2 Å². The summed E-state index contributed by atoms with van der Waals surface area (Å²) >= 11 is 0. The van der Waals surface area contributed by atoms with E-state index in [1.165, 1.54) is 23.7 Å². The van der Waals surface area contributed by atoms with Gasteiger partial charge in [-0.1, -0.05) is 13.8 Å². The third-order valence-electron chi connectivity index (χ3n) is 4.70. The van der Waals surface area contributed by atoms with Crippen molar-refractivity contribution < 1.29 is 26.8 Å². The number of fused-ring (bicyclic) bond motifs is 1. The van der Waals surface area contributed by atoms with Gasteiger partial charge < -0.3 is 9.73 Å². The van der Waals surface area contributed by atoms with Crippen LogP contribution in [0.4, 0.5) is 23.2 Å². The van der Waals surface area contributed by atoms with Crippen molar-refractivity contribution in [3.8, 4) is 5.69 Å². The normalized spacial score (nSPS) is 12.0. The second-order valence-electron chi connectivity index (χ2n) is 7.44. The molecule has 0 spiro atoms. The van der Waals surface area contributed by atoms with E-state index in [0.717, 1.165) is 11.6 Å². The van der Waals surface area contributed by atoms with Gasteiger partial charge >= 0.3 is 6.18 Å². The number of benzene rings is 1. The average Bonchev–Trinajstić information content (AvgIpc) is 3.32. The first kappa shape index (κ1) is 21.5. The number of aryl methyl sites for hydroxylation is 1. The minimum atomic E-state index is -4.89. The quantitative estimate of drug-likeness (QED) is 0.432. The lowest BCUT2D eigenvalue weighted by molar-refractivity contribution is -0.153. The molecule has 0 aliphatic rings. The Balaban J connectivity index is 1.67. The first-order valence-corrected chi connectivity index (χ1v) is 9.54. The van der Waals surface area contributed by atoms with Crippen molar-refractivity contribution in [1.29, 1.82) is 0 Å². The number of aromatic nitrogens is 4. The molecule has 0 fully saturated rings. The summed E-state index contributed by atoms with van der Waals surface area (Å²) in [6.45, 7) is 5.22. The van der Waals surface area contributed by atoms with Crippen LogP contribution in [-0.2, 0) is 6.18 Å². The maximum Gasteiger partial charge on any atom is 0.452 e. The zero-order chi connectivity index (χ0) is 23.2. The van der Waals surface area contributed by atoms with Crippen LogP contribution < -0.4 is 5.32 Å². The molecule has 11 heteroatoms. The first-order chi connectivity index (χ1) is 15.0. The molecule has 4 rings (SSSR count). The highest BCUT2D eigenvalue weighted by atomic mass is 19.4. The lowest BCUT2D eigenvalue weighted by atomic mass is 10.1. The molecule has 3 heterocycles. The lowest BCUT2D eigenvalue weighted by Crippen LogP contribution is -2.18. The smallest absolute Gasteiger partial charge is 0.436 e. The van der Waals surface area contributed by atoms with E-state index in [1.807, 2.05) is 19.9 Å². The number of carbonyl (C=O) groups excluding carboxylic acids is 1. The van der Waals surface area contributed by atoms with Crippen LogP contribution in [0.3, 0.4) is 0 Å². The summed E-state index contributed by atoms with van der Waals surface area (Å²) in [5.74, 6) is -3.35. The van der Waals surface area contributed by atoms with Crippen LogP contribution in [0.2, 0.25) is 0 Å². The Morgan fingerprint density at radius 2 is 1.97 bits per heavy atom. The van der Waals surface area contributed by atoms with Crippen molar-refractivity contribution in [3.63, 3.8) is 0 Å². The number of carbonyl (C=O) groups is 1. The molecule has 0 radical (unpaired) electrons. The largest absolute Gasteiger partial charge is 0.452 e. The van der Waals surface area contributed by atoms with Gasteiger partial charge in [0.05, 0.1) is 0 Å². The van der Waals surface area contributed by atoms with Gasteiger partial charge in [-0.05, 0) is 35.7 Å². The van der Waals surface area contributed by atoms with E-state index in [0.29, 0.717) is 11.0 Å². The van der Waals surface area contributed by atoms with Crippen LogP contribution >= 0.6 is 0 Å². The molecule has 4 aromatic rings. The monoisotopic (exact) mass is 447 g/mol. The minimum Gasteiger partial charge on any atom is -0.436 e. The number of alkyl halides is 3. The molecule has 3 aromatic heterocycles. The Morgan fingerprint density at radius 3 is 2.66 bits per heavy atom. The third-order valence-corrected chi connectivity index (χ3v) is 4.70. The van der Waals surface area contributed by atoms with Crippen molar-refractivity contribution in [3.05, 3.63) is 65.4 Å². The van der Waals surface area contributed by atoms with Crippen LogP contribution in [0.25, 0.3) is 16.7 Å². The van der Waals surface area contributed by atoms with E-state index in [4.69, 9.17) is 0 Å². The number of hydrogen-bond acceptors (Lipinski definition) is 5. The van der Waals surface area contributed by atoms with E-state index in [2.05, 4.69) is 24.8 Å². The summed E-state index contributed by atoms with van der Waals surface area (Å²) in [6, 6.07) is 5.44. The van der Waals surface area contributed by atoms with Gasteiger partial charge in [-0.2, -0.15) is 13.2 Å². The Kier molecular flexibility index (Phi) is 5.19. The zero-order valence-corrected chi connectivity index (χ0v) is 17.2. The van der Waals surface area contributed by atoms with Gasteiger partial charge in [-0.3, -0.25) is 4.79 Å². The number of anilines is 1. The standard InChI is InChI=1S/C21H17F4N5O2/c1-10(2)12-6-13-9-30(29-19(13)26-8-12)16-7-14(4-5-15(16)22)28-20(31)17-18(21(23,24)25)32-11(3)27-17/h4-10H,1-3H3,(H,28,31). The predicted octanol–water partition coefficient (Wildman–Crippen LogP) is 5.25. The van der Waals surface area contributed by atoms with Crippen LogP contribution in [0, 0.1) is 12.7 Å². The maximum atomic E-state index is 14.5. The maximum absolute atomic E-state index is 14.5. The van der Waals surface area contributed by atoms with Gasteiger partial charge in [0.1, 0.15) is 11.5 Å². The third kappa shape index (κ3) is 4.05. The highest BCUT2D eigenvalue weighted by molar-refractivity contribution is 6.03. The first-order valence-electron chi connectivity index (χ1n) is 9.54. The van der Waals surface area contributed by atoms with Gasteiger partial charge in [0.15, 0.2) is 17.2 Å². The Morgan fingerprint density at radius 1 is 1.22 bits per heavy atom. The molecule has 0 atom stereocenters. The fourth-order valence-corrected chi connectivity index (χ4v) is 3.10. The van der Waals surface area contributed by atoms with E-state index < -0.39 is 29.4 Å². The highest BCUT2D eigenvalue weighted by Crippen LogP contribution is 2.33. The summed E-state index contributed by atoms with van der Waals surface area (Å²) in [7, 11) is 0. The molecule has 0 saturated heterocycles. The van der Waals surface area contributed by atoms with Gasteiger partial charge in [0.2, 0.25) is 5.76 Å². The molecule has 1 N–H and O–H groups in total. The average molecular weight is 447 g/mol. The van der Waals surface area contributed by atoms with Crippen molar-refractivity contribution in [2.75, 3.05) is 5.32 Å². The fraction of sp³-hybridized carbons (Fsp3) is 0.238. The molecule has 0 aliphatic heterocycles. The SMILES string of the molecule is Cc1nc(C(=O)Nc2ccc(F)c(-n3cc4cc(C(C)C)cnc4n3)c2)c(C(F)(F)F)o1. The van der Waals surface area contributed by atoms with Gasteiger partial charge in [0.25, 0.3) is 5.91 Å². The zero-order valence-electron chi connectivity index (χ0n) is 17.2. The molecule has 166 valence electrons. The van der Waals surface area contributed by atoms with Crippen LogP contribution in [0.1, 0.15) is 47.5 Å². The van der Waals surface area contributed by atoms with E-state index >= 15 is 0 Å². The molecule has 1 amide bonds. The number of rotatable bonds is 4. The Bertz CT molecular complexity index is 1320. The van der Waals surface area contributed by atoms with Gasteiger partial charge in [-0.15, -0.1) is 5.10 Å². The highest BCUT2D eigenvalue weighted by Gasteiger charge is 2.41. The summed E-state index contributed by atoms with van der Waals surface area (Å²) in [6.07, 6.45) is -1.62. The second kappa shape index (κ2) is 7.74. The van der Waals surface area contributed by atoms with E-state index in [1.54, 1.807) is 12.4 Å². The second-order valence-corrected chi connectivity index (χ2v) is 7.44. The number of nitrogens with zero attached hydrogens (tertiary/aromatic N) is 4. The van der Waals surface area contributed by atoms with Crippen LogP contribution in [0.5, 0.6) is 0 Å². The molecule has 7 nitrogen and oxygen atoms in total. The molecule has 0 bridgehead atoms. The summed E-state index contributed by atoms with van der Waals surface area (Å²) in [4.78, 5) is 20.2. The summed E-state index contributed by atoms with van der Waals surface area (Å²) in [5, 5.41) is 7.24. The summed E-state index contributed by atoms with van der Waals surface area (Å²) < 4.78 is 59.6. The van der Waals surface area contributed by atoms with Gasteiger partial charge in [-0.25, -0.2) is 19.0 Å². The van der Waals surface area contributed by atoms with Crippen LogP contribution in [0.15, 0.2) is 41.1 Å². The summed E-state index contributed by atoms with van der Waals surface area (Å²) in [5.41, 5.74) is 0.518.